The summed E-state index contributed by atoms with van der Waals surface area (Å²) in [5.74, 6) is 1.11. The summed E-state index contributed by atoms with van der Waals surface area (Å²) >= 11 is 0. The molecule has 0 bridgehead atoms. The van der Waals surface area contributed by atoms with Gasteiger partial charge < -0.3 is 14.3 Å². The van der Waals surface area contributed by atoms with Gasteiger partial charge in [-0.2, -0.15) is 5.10 Å². The Morgan fingerprint density at radius 2 is 1.83 bits per heavy atom. The van der Waals surface area contributed by atoms with E-state index in [4.69, 9.17) is 9.47 Å². The van der Waals surface area contributed by atoms with Crippen molar-refractivity contribution in [1.29, 1.82) is 0 Å². The summed E-state index contributed by atoms with van der Waals surface area (Å²) in [5.41, 5.74) is 1.70. The molecule has 158 valence electrons. The Balaban J connectivity index is 1.93. The predicted octanol–water partition coefficient (Wildman–Crippen LogP) is 3.05. The minimum Gasteiger partial charge on any atom is -0.490 e. The van der Waals surface area contributed by atoms with Crippen molar-refractivity contribution in [1.82, 2.24) is 5.01 Å². The zero-order valence-corrected chi connectivity index (χ0v) is 16.8. The van der Waals surface area contributed by atoms with Crippen LogP contribution < -0.4 is 9.47 Å². The van der Waals surface area contributed by atoms with E-state index in [1.54, 1.807) is 0 Å². The summed E-state index contributed by atoms with van der Waals surface area (Å²) in [4.78, 5) is 27.7. The molecule has 0 spiro atoms. The zero-order chi connectivity index (χ0) is 20.8. The molecule has 2 aliphatic rings. The van der Waals surface area contributed by atoms with Gasteiger partial charge in [-0.3, -0.25) is 4.79 Å². The fourth-order valence-electron chi connectivity index (χ4n) is 4.04. The minimum absolute atomic E-state index is 0.0383. The molecular weight excluding hydrogens is 378 g/mol. The maximum Gasteiger partial charge on any atom is 0.294 e. The number of amides is 1. The second-order valence-electron chi connectivity index (χ2n) is 7.03. The normalized spacial score (nSPS) is 21.2. The first-order valence-corrected chi connectivity index (χ1v) is 10.1. The molecule has 3 rings (SSSR count). The molecule has 1 aromatic carbocycles. The summed E-state index contributed by atoms with van der Waals surface area (Å²) in [7, 11) is 0. The summed E-state index contributed by atoms with van der Waals surface area (Å²) < 4.78 is 11.4. The average Bonchev–Trinajstić information content (AvgIpc) is 2.71. The Morgan fingerprint density at radius 1 is 1.14 bits per heavy atom. The molecule has 1 amide bonds. The van der Waals surface area contributed by atoms with Gasteiger partial charge in [0.1, 0.15) is 6.61 Å². The molecule has 0 radical (unpaired) electrons. The van der Waals surface area contributed by atoms with E-state index in [0.717, 1.165) is 37.0 Å². The van der Waals surface area contributed by atoms with E-state index in [1.807, 2.05) is 32.0 Å². The number of fused-ring (bicyclic) bond motifs is 1. The molecule has 29 heavy (non-hydrogen) atoms. The topological polar surface area (TPSA) is 104 Å². The molecule has 1 aromatic rings. The average molecular weight is 405 g/mol. The Labute approximate surface area is 169 Å². The number of nitrogens with zero attached hydrogens (tertiary/aromatic N) is 3. The molecule has 1 fully saturated rings. The van der Waals surface area contributed by atoms with Crippen LogP contribution in [0.3, 0.4) is 0 Å². The molecule has 1 aliphatic heterocycles. The van der Waals surface area contributed by atoms with Crippen molar-refractivity contribution in [2.45, 2.75) is 39.5 Å². The maximum atomic E-state index is 12.9. The zero-order valence-electron chi connectivity index (χ0n) is 16.8. The molecule has 0 N–H and O–H groups in total. The van der Waals surface area contributed by atoms with Gasteiger partial charge in [0.15, 0.2) is 11.5 Å². The first-order valence-electron chi connectivity index (χ1n) is 10.1. The van der Waals surface area contributed by atoms with Crippen LogP contribution in [-0.4, -0.2) is 48.1 Å². The van der Waals surface area contributed by atoms with Crippen molar-refractivity contribution in [2.75, 3.05) is 26.4 Å². The first kappa shape index (κ1) is 20.9. The lowest BCUT2D eigenvalue weighted by molar-refractivity contribution is -0.757. The van der Waals surface area contributed by atoms with E-state index in [0.29, 0.717) is 24.7 Å². The van der Waals surface area contributed by atoms with E-state index in [2.05, 4.69) is 9.94 Å². The Bertz CT molecular complexity index is 781. The molecule has 1 aliphatic carbocycles. The lowest BCUT2D eigenvalue weighted by atomic mass is 9.73. The van der Waals surface area contributed by atoms with Crippen LogP contribution in [0.1, 0.15) is 45.1 Å². The molecule has 0 aromatic heterocycles. The Kier molecular flexibility index (Phi) is 6.90. The van der Waals surface area contributed by atoms with Crippen molar-refractivity contribution in [2.24, 2.45) is 16.9 Å². The highest BCUT2D eigenvalue weighted by atomic mass is 16.9. The monoisotopic (exact) mass is 405 g/mol. The highest BCUT2D eigenvalue weighted by Gasteiger charge is 2.41. The van der Waals surface area contributed by atoms with Gasteiger partial charge in [0.2, 0.25) is 5.91 Å². The molecule has 1 heterocycles. The van der Waals surface area contributed by atoms with Crippen molar-refractivity contribution in [3.63, 3.8) is 0 Å². The summed E-state index contributed by atoms with van der Waals surface area (Å²) in [6.07, 6.45) is 3.73. The number of hydrazone groups is 1. The van der Waals surface area contributed by atoms with Gasteiger partial charge in [0, 0.05) is 17.4 Å². The number of ether oxygens (including phenoxy) is 2. The van der Waals surface area contributed by atoms with Crippen LogP contribution in [0, 0.1) is 22.0 Å². The standard InChI is InChI=1S/C20H27N3O6/c1-3-27-17-10-9-14(13-18(17)28-4-2)19-15-7-5-6-8-16(15)20(24)22(21-19)11-12-29-23(25)26/h9-10,13,15-16H,3-8,11-12H2,1-2H3. The lowest BCUT2D eigenvalue weighted by Gasteiger charge is -2.38. The number of hydrogen-bond donors (Lipinski definition) is 0. The van der Waals surface area contributed by atoms with E-state index in [9.17, 15) is 14.9 Å². The van der Waals surface area contributed by atoms with Crippen LogP contribution in [0.15, 0.2) is 23.3 Å². The molecule has 9 nitrogen and oxygen atoms in total. The highest BCUT2D eigenvalue weighted by Crippen LogP contribution is 2.39. The van der Waals surface area contributed by atoms with Crippen LogP contribution in [0.5, 0.6) is 11.5 Å². The van der Waals surface area contributed by atoms with Gasteiger partial charge in [-0.25, -0.2) is 5.01 Å². The fourth-order valence-corrected chi connectivity index (χ4v) is 4.04. The summed E-state index contributed by atoms with van der Waals surface area (Å²) in [5, 5.41) is 15.5. The second-order valence-corrected chi connectivity index (χ2v) is 7.03. The van der Waals surface area contributed by atoms with Crippen molar-refractivity contribution >= 4 is 11.6 Å². The van der Waals surface area contributed by atoms with Crippen molar-refractivity contribution in [3.05, 3.63) is 33.9 Å². The second kappa shape index (κ2) is 9.58. The fraction of sp³-hybridized carbons (Fsp3) is 0.600. The molecule has 1 saturated carbocycles. The number of benzene rings is 1. The van der Waals surface area contributed by atoms with Crippen LogP contribution >= 0.6 is 0 Å². The first-order chi connectivity index (χ1) is 14.0. The number of hydrogen-bond acceptors (Lipinski definition) is 7. The maximum absolute atomic E-state index is 12.9. The third kappa shape index (κ3) is 4.78. The van der Waals surface area contributed by atoms with E-state index in [-0.39, 0.29) is 30.9 Å². The quantitative estimate of drug-likeness (QED) is 0.462. The minimum atomic E-state index is -0.858. The van der Waals surface area contributed by atoms with Crippen LogP contribution in [0.25, 0.3) is 0 Å². The molecule has 2 unspecified atom stereocenters. The van der Waals surface area contributed by atoms with Crippen molar-refractivity contribution in [3.8, 4) is 11.5 Å². The molecule has 2 atom stereocenters. The van der Waals surface area contributed by atoms with E-state index < -0.39 is 5.09 Å². The molecular formula is C20H27N3O6. The van der Waals surface area contributed by atoms with E-state index >= 15 is 0 Å². The Hall–Kier alpha value is -2.84. The van der Waals surface area contributed by atoms with Gasteiger partial charge in [-0.15, -0.1) is 10.1 Å². The predicted molar refractivity (Wildman–Crippen MR) is 105 cm³/mol. The van der Waals surface area contributed by atoms with Gasteiger partial charge >= 0.3 is 0 Å². The van der Waals surface area contributed by atoms with Gasteiger partial charge in [-0.05, 0) is 44.9 Å². The molecule has 9 heteroatoms. The van der Waals surface area contributed by atoms with Gasteiger partial charge in [-0.1, -0.05) is 12.8 Å². The smallest absolute Gasteiger partial charge is 0.294 e. The lowest BCUT2D eigenvalue weighted by Crippen LogP contribution is -2.47. The SMILES string of the molecule is CCOc1ccc(C2=NN(CCO[N+](=O)[O-])C(=O)C3CCCCC23)cc1OCC. The molecule has 0 saturated heterocycles. The largest absolute Gasteiger partial charge is 0.490 e. The summed E-state index contributed by atoms with van der Waals surface area (Å²) in [6, 6.07) is 5.70. The summed E-state index contributed by atoms with van der Waals surface area (Å²) in [6.45, 7) is 4.70. The highest BCUT2D eigenvalue weighted by molar-refractivity contribution is 6.07. The van der Waals surface area contributed by atoms with Crippen LogP contribution in [-0.2, 0) is 9.63 Å². The third-order valence-electron chi connectivity index (χ3n) is 5.26. The third-order valence-corrected chi connectivity index (χ3v) is 5.26. The number of carbonyl (C=O) groups is 1. The Morgan fingerprint density at radius 3 is 2.52 bits per heavy atom. The number of rotatable bonds is 9. The van der Waals surface area contributed by atoms with E-state index in [1.165, 1.54) is 5.01 Å². The van der Waals surface area contributed by atoms with Crippen LogP contribution in [0.4, 0.5) is 0 Å². The van der Waals surface area contributed by atoms with Crippen molar-refractivity contribution < 1.29 is 24.2 Å². The number of carbonyl (C=O) groups excluding carboxylic acids is 1. The van der Waals surface area contributed by atoms with Gasteiger partial charge in [0.25, 0.3) is 5.09 Å². The van der Waals surface area contributed by atoms with Gasteiger partial charge in [0.05, 0.1) is 25.5 Å². The van der Waals surface area contributed by atoms with Crippen LogP contribution in [0.2, 0.25) is 0 Å².